The molecule has 2 N–H and O–H groups in total. The van der Waals surface area contributed by atoms with Gasteiger partial charge in [0.05, 0.1) is 6.61 Å². The third-order valence-corrected chi connectivity index (χ3v) is 3.82. The number of hydrogen-bond donors (Lipinski definition) is 1. The zero-order chi connectivity index (χ0) is 15.2. The lowest BCUT2D eigenvalue weighted by Crippen LogP contribution is -2.47. The molecule has 1 aliphatic heterocycles. The molecule has 2 unspecified atom stereocenters. The van der Waals surface area contributed by atoms with Crippen molar-refractivity contribution < 1.29 is 9.53 Å². The molecule has 1 aromatic carbocycles. The average molecular weight is 288 g/mol. The van der Waals surface area contributed by atoms with E-state index in [0.717, 1.165) is 30.7 Å². The molecule has 2 atom stereocenters. The predicted molar refractivity (Wildman–Crippen MR) is 85.0 cm³/mol. The van der Waals surface area contributed by atoms with E-state index in [-0.39, 0.29) is 18.0 Å². The smallest absolute Gasteiger partial charge is 0.246 e. The van der Waals surface area contributed by atoms with Gasteiger partial charge in [0, 0.05) is 30.3 Å². The van der Waals surface area contributed by atoms with Gasteiger partial charge in [-0.05, 0) is 38.8 Å². The normalized spacial score (nSPS) is 22.5. The molecule has 114 valence electrons. The Balaban J connectivity index is 2.05. The van der Waals surface area contributed by atoms with Crippen molar-refractivity contribution in [2.24, 2.45) is 5.73 Å². The fraction of sp³-hybridized carbons (Fsp3) is 0.471. The zero-order valence-electron chi connectivity index (χ0n) is 12.8. The summed E-state index contributed by atoms with van der Waals surface area (Å²) in [6.45, 7) is 5.35. The van der Waals surface area contributed by atoms with E-state index >= 15 is 0 Å². The highest BCUT2D eigenvalue weighted by Crippen LogP contribution is 2.20. The molecule has 1 fully saturated rings. The first-order valence-corrected chi connectivity index (χ1v) is 7.58. The third-order valence-electron chi connectivity index (χ3n) is 3.82. The van der Waals surface area contributed by atoms with Gasteiger partial charge in [-0.15, -0.1) is 0 Å². The van der Waals surface area contributed by atoms with Crippen LogP contribution in [0, 0.1) is 0 Å². The Hall–Kier alpha value is -1.81. The first kappa shape index (κ1) is 15.6. The number of hydrogen-bond acceptors (Lipinski definition) is 3. The van der Waals surface area contributed by atoms with Crippen molar-refractivity contribution in [3.8, 4) is 5.75 Å². The number of para-hydroxylation sites is 1. The molecular weight excluding hydrogens is 264 g/mol. The molecule has 0 aliphatic carbocycles. The van der Waals surface area contributed by atoms with E-state index in [1.807, 2.05) is 42.2 Å². The topological polar surface area (TPSA) is 55.6 Å². The van der Waals surface area contributed by atoms with Gasteiger partial charge in [0.15, 0.2) is 0 Å². The lowest BCUT2D eigenvalue weighted by atomic mass is 9.99. The number of rotatable bonds is 4. The number of likely N-dealkylation sites (tertiary alicyclic amines) is 1. The summed E-state index contributed by atoms with van der Waals surface area (Å²) in [5.74, 6) is 0.846. The lowest BCUT2D eigenvalue weighted by Gasteiger charge is -2.35. The quantitative estimate of drug-likeness (QED) is 0.866. The SMILES string of the molecule is CCOc1ccccc1C=CC(=O)N1CCC(N)CC1C. The fourth-order valence-electron chi connectivity index (χ4n) is 2.70. The molecule has 0 bridgehead atoms. The molecular formula is C17H24N2O2. The third kappa shape index (κ3) is 4.08. The van der Waals surface area contributed by atoms with Gasteiger partial charge in [-0.25, -0.2) is 0 Å². The Morgan fingerprint density at radius 2 is 2.24 bits per heavy atom. The van der Waals surface area contributed by atoms with Crippen LogP contribution in [0.2, 0.25) is 0 Å². The van der Waals surface area contributed by atoms with Crippen molar-refractivity contribution in [1.82, 2.24) is 4.90 Å². The minimum Gasteiger partial charge on any atom is -0.493 e. The van der Waals surface area contributed by atoms with Gasteiger partial charge in [0.2, 0.25) is 5.91 Å². The van der Waals surface area contributed by atoms with E-state index in [1.54, 1.807) is 6.08 Å². The molecule has 0 saturated carbocycles. The molecule has 1 heterocycles. The largest absolute Gasteiger partial charge is 0.493 e. The van der Waals surface area contributed by atoms with E-state index in [4.69, 9.17) is 10.5 Å². The van der Waals surface area contributed by atoms with Crippen LogP contribution in [-0.2, 0) is 4.79 Å². The number of benzene rings is 1. The van der Waals surface area contributed by atoms with Gasteiger partial charge >= 0.3 is 0 Å². The highest BCUT2D eigenvalue weighted by molar-refractivity contribution is 5.92. The van der Waals surface area contributed by atoms with Gasteiger partial charge in [-0.2, -0.15) is 0 Å². The zero-order valence-corrected chi connectivity index (χ0v) is 12.8. The van der Waals surface area contributed by atoms with Crippen LogP contribution < -0.4 is 10.5 Å². The number of carbonyl (C=O) groups is 1. The van der Waals surface area contributed by atoms with E-state index in [0.29, 0.717) is 6.61 Å². The van der Waals surface area contributed by atoms with Crippen LogP contribution in [0.15, 0.2) is 30.3 Å². The van der Waals surface area contributed by atoms with Crippen LogP contribution in [0.3, 0.4) is 0 Å². The maximum Gasteiger partial charge on any atom is 0.246 e. The van der Waals surface area contributed by atoms with E-state index in [1.165, 1.54) is 0 Å². The van der Waals surface area contributed by atoms with Crippen molar-refractivity contribution >= 4 is 12.0 Å². The maximum atomic E-state index is 12.3. The number of amides is 1. The van der Waals surface area contributed by atoms with Crippen molar-refractivity contribution in [3.63, 3.8) is 0 Å². The first-order chi connectivity index (χ1) is 10.1. The van der Waals surface area contributed by atoms with Crippen LogP contribution in [-0.4, -0.2) is 36.0 Å². The molecule has 1 saturated heterocycles. The van der Waals surface area contributed by atoms with Crippen molar-refractivity contribution in [3.05, 3.63) is 35.9 Å². The Morgan fingerprint density at radius 1 is 1.48 bits per heavy atom. The van der Waals surface area contributed by atoms with Gasteiger partial charge < -0.3 is 15.4 Å². The second kappa shape index (κ2) is 7.27. The molecule has 1 aromatic rings. The molecule has 4 heteroatoms. The van der Waals surface area contributed by atoms with Gasteiger partial charge in [-0.3, -0.25) is 4.79 Å². The van der Waals surface area contributed by atoms with Crippen LogP contribution >= 0.6 is 0 Å². The fourth-order valence-corrected chi connectivity index (χ4v) is 2.70. The standard InChI is InChI=1S/C17H24N2O2/c1-3-21-16-7-5-4-6-14(16)8-9-17(20)19-11-10-15(18)12-13(19)2/h4-9,13,15H,3,10-12,18H2,1-2H3. The second-order valence-electron chi connectivity index (χ2n) is 5.47. The van der Waals surface area contributed by atoms with Crippen LogP contribution in [0.5, 0.6) is 5.75 Å². The minimum absolute atomic E-state index is 0.0423. The van der Waals surface area contributed by atoms with Gasteiger partial charge in [-0.1, -0.05) is 18.2 Å². The van der Waals surface area contributed by atoms with Gasteiger partial charge in [0.25, 0.3) is 0 Å². The van der Waals surface area contributed by atoms with Gasteiger partial charge in [0.1, 0.15) is 5.75 Å². The number of nitrogens with zero attached hydrogens (tertiary/aromatic N) is 1. The number of carbonyl (C=O) groups excluding carboxylic acids is 1. The summed E-state index contributed by atoms with van der Waals surface area (Å²) in [4.78, 5) is 14.2. The van der Waals surface area contributed by atoms with Crippen LogP contribution in [0.1, 0.15) is 32.3 Å². The monoisotopic (exact) mass is 288 g/mol. The first-order valence-electron chi connectivity index (χ1n) is 7.58. The number of nitrogens with two attached hydrogens (primary N) is 1. The maximum absolute atomic E-state index is 12.3. The molecule has 21 heavy (non-hydrogen) atoms. The summed E-state index contributed by atoms with van der Waals surface area (Å²) in [6.07, 6.45) is 5.20. The molecule has 2 rings (SSSR count). The van der Waals surface area contributed by atoms with E-state index in [2.05, 4.69) is 6.92 Å². The predicted octanol–water partition coefficient (Wildman–Crippen LogP) is 2.44. The van der Waals surface area contributed by atoms with Crippen molar-refractivity contribution in [2.45, 2.75) is 38.8 Å². The molecule has 1 amide bonds. The Labute approximate surface area is 126 Å². The second-order valence-corrected chi connectivity index (χ2v) is 5.47. The number of ether oxygens (including phenoxy) is 1. The summed E-state index contributed by atoms with van der Waals surface area (Å²) in [5, 5.41) is 0. The lowest BCUT2D eigenvalue weighted by molar-refractivity contribution is -0.129. The summed E-state index contributed by atoms with van der Waals surface area (Å²) >= 11 is 0. The Morgan fingerprint density at radius 3 is 2.95 bits per heavy atom. The summed E-state index contributed by atoms with van der Waals surface area (Å²) in [7, 11) is 0. The van der Waals surface area contributed by atoms with E-state index < -0.39 is 0 Å². The highest BCUT2D eigenvalue weighted by Gasteiger charge is 2.25. The van der Waals surface area contributed by atoms with Crippen LogP contribution in [0.4, 0.5) is 0 Å². The average Bonchev–Trinajstić information content (AvgIpc) is 2.46. The minimum atomic E-state index is 0.0423. The van der Waals surface area contributed by atoms with Crippen LogP contribution in [0.25, 0.3) is 6.08 Å². The van der Waals surface area contributed by atoms with Crippen molar-refractivity contribution in [1.29, 1.82) is 0 Å². The Bertz CT molecular complexity index is 513. The van der Waals surface area contributed by atoms with E-state index in [9.17, 15) is 4.79 Å². The molecule has 0 aromatic heterocycles. The van der Waals surface area contributed by atoms with Crippen molar-refractivity contribution in [2.75, 3.05) is 13.2 Å². The molecule has 0 spiro atoms. The Kier molecular flexibility index (Phi) is 5.39. The molecule has 1 aliphatic rings. The molecule has 4 nitrogen and oxygen atoms in total. The summed E-state index contributed by atoms with van der Waals surface area (Å²) < 4.78 is 5.56. The highest BCUT2D eigenvalue weighted by atomic mass is 16.5. The summed E-state index contributed by atoms with van der Waals surface area (Å²) in [6, 6.07) is 8.15. The number of piperidine rings is 1. The molecule has 0 radical (unpaired) electrons. The summed E-state index contributed by atoms with van der Waals surface area (Å²) in [5.41, 5.74) is 6.86.